The van der Waals surface area contributed by atoms with E-state index in [-0.39, 0.29) is 17.8 Å². The number of carbonyl (C=O) groups excluding carboxylic acids is 1. The second-order valence-electron chi connectivity index (χ2n) is 7.27. The first kappa shape index (κ1) is 19.4. The maximum atomic E-state index is 13.2. The summed E-state index contributed by atoms with van der Waals surface area (Å²) in [6, 6.07) is 12.6. The average molecular weight is 369 g/mol. The highest BCUT2D eigenvalue weighted by Crippen LogP contribution is 2.24. The summed E-state index contributed by atoms with van der Waals surface area (Å²) in [5.41, 5.74) is 4.69. The number of aryl methyl sites for hydroxylation is 1. The molecule has 1 fully saturated rings. The fourth-order valence-electron chi connectivity index (χ4n) is 3.58. The molecule has 1 aliphatic heterocycles. The number of carbonyl (C=O) groups is 1. The summed E-state index contributed by atoms with van der Waals surface area (Å²) >= 11 is 0. The monoisotopic (exact) mass is 369 g/mol. The second-order valence-corrected chi connectivity index (χ2v) is 7.27. The van der Waals surface area contributed by atoms with Crippen LogP contribution < -0.4 is 10.2 Å². The zero-order valence-corrected chi connectivity index (χ0v) is 16.3. The van der Waals surface area contributed by atoms with E-state index in [4.69, 9.17) is 0 Å². The van der Waals surface area contributed by atoms with Gasteiger partial charge in [0.15, 0.2) is 0 Å². The maximum Gasteiger partial charge on any atom is 0.237 e. The van der Waals surface area contributed by atoms with Crippen molar-refractivity contribution in [3.8, 4) is 0 Å². The molecule has 2 aromatic rings. The van der Waals surface area contributed by atoms with Gasteiger partial charge in [0.05, 0.1) is 6.04 Å². The number of benzene rings is 2. The van der Waals surface area contributed by atoms with Crippen molar-refractivity contribution in [3.63, 3.8) is 0 Å². The third-order valence-electron chi connectivity index (χ3n) is 5.51. The van der Waals surface area contributed by atoms with Gasteiger partial charge < -0.3 is 10.2 Å². The fraction of sp³-hybridized carbons (Fsp3) is 0.409. The minimum Gasteiger partial charge on any atom is -0.369 e. The van der Waals surface area contributed by atoms with Crippen molar-refractivity contribution in [1.29, 1.82) is 0 Å². The fourth-order valence-corrected chi connectivity index (χ4v) is 3.58. The molecule has 5 heteroatoms. The van der Waals surface area contributed by atoms with E-state index in [0.717, 1.165) is 31.7 Å². The Morgan fingerprint density at radius 1 is 1.11 bits per heavy atom. The number of halogens is 1. The summed E-state index contributed by atoms with van der Waals surface area (Å²) in [6.45, 7) is 10.1. The van der Waals surface area contributed by atoms with Crippen molar-refractivity contribution in [2.75, 3.05) is 31.1 Å². The summed E-state index contributed by atoms with van der Waals surface area (Å²) in [5, 5.41) is 2.92. The SMILES string of the molecule is Cc1cccc(N2CCN([C@@H](C)C(=O)NCc3cccc(F)c3)CC2)c1C. The molecule has 27 heavy (non-hydrogen) atoms. The highest BCUT2D eigenvalue weighted by atomic mass is 19.1. The van der Waals surface area contributed by atoms with Gasteiger partial charge >= 0.3 is 0 Å². The van der Waals surface area contributed by atoms with Gasteiger partial charge in [0.2, 0.25) is 5.91 Å². The molecule has 1 amide bonds. The highest BCUT2D eigenvalue weighted by Gasteiger charge is 2.26. The van der Waals surface area contributed by atoms with Crippen LogP contribution in [0.15, 0.2) is 42.5 Å². The minimum absolute atomic E-state index is 0.0144. The van der Waals surface area contributed by atoms with Gasteiger partial charge in [-0.25, -0.2) is 4.39 Å². The molecule has 1 aliphatic rings. The lowest BCUT2D eigenvalue weighted by atomic mass is 10.1. The molecule has 0 saturated carbocycles. The number of anilines is 1. The van der Waals surface area contributed by atoms with E-state index in [9.17, 15) is 9.18 Å². The summed E-state index contributed by atoms with van der Waals surface area (Å²) < 4.78 is 13.2. The topological polar surface area (TPSA) is 35.6 Å². The first-order valence-corrected chi connectivity index (χ1v) is 9.53. The Morgan fingerprint density at radius 2 is 1.81 bits per heavy atom. The molecule has 1 N–H and O–H groups in total. The Balaban J connectivity index is 1.52. The Morgan fingerprint density at radius 3 is 2.52 bits per heavy atom. The Bertz CT molecular complexity index is 800. The van der Waals surface area contributed by atoms with Crippen LogP contribution in [0.5, 0.6) is 0 Å². The van der Waals surface area contributed by atoms with Gasteiger partial charge in [-0.05, 0) is 55.7 Å². The van der Waals surface area contributed by atoms with Crippen molar-refractivity contribution in [1.82, 2.24) is 10.2 Å². The molecular formula is C22H28FN3O. The van der Waals surface area contributed by atoms with Gasteiger partial charge in [-0.3, -0.25) is 9.69 Å². The second kappa shape index (κ2) is 8.53. The Labute approximate surface area is 161 Å². The maximum absolute atomic E-state index is 13.2. The number of nitrogens with zero attached hydrogens (tertiary/aromatic N) is 2. The third kappa shape index (κ3) is 4.66. The lowest BCUT2D eigenvalue weighted by molar-refractivity contribution is -0.126. The van der Waals surface area contributed by atoms with Gasteiger partial charge in [-0.1, -0.05) is 24.3 Å². The van der Waals surface area contributed by atoms with Crippen molar-refractivity contribution in [3.05, 3.63) is 65.0 Å². The molecular weight excluding hydrogens is 341 g/mol. The summed E-state index contributed by atoms with van der Waals surface area (Å²) in [6.07, 6.45) is 0. The van der Waals surface area contributed by atoms with E-state index in [2.05, 4.69) is 47.2 Å². The van der Waals surface area contributed by atoms with Gasteiger partial charge in [0, 0.05) is 38.4 Å². The molecule has 0 aliphatic carbocycles. The largest absolute Gasteiger partial charge is 0.369 e. The van der Waals surface area contributed by atoms with E-state index < -0.39 is 0 Å². The van der Waals surface area contributed by atoms with E-state index in [1.165, 1.54) is 28.9 Å². The van der Waals surface area contributed by atoms with Gasteiger partial charge in [0.1, 0.15) is 5.82 Å². The quantitative estimate of drug-likeness (QED) is 0.879. The zero-order chi connectivity index (χ0) is 19.4. The predicted octanol–water partition coefficient (Wildman–Crippen LogP) is 3.27. The molecule has 0 bridgehead atoms. The van der Waals surface area contributed by atoms with Crippen molar-refractivity contribution in [2.24, 2.45) is 0 Å². The number of rotatable bonds is 5. The van der Waals surface area contributed by atoms with Crippen LogP contribution in [-0.4, -0.2) is 43.0 Å². The lowest BCUT2D eigenvalue weighted by Crippen LogP contribution is -2.54. The molecule has 0 unspecified atom stereocenters. The molecule has 0 spiro atoms. The van der Waals surface area contributed by atoms with Crippen molar-refractivity contribution in [2.45, 2.75) is 33.4 Å². The Kier molecular flexibility index (Phi) is 6.11. The zero-order valence-electron chi connectivity index (χ0n) is 16.3. The first-order valence-electron chi connectivity index (χ1n) is 9.53. The molecule has 3 rings (SSSR count). The van der Waals surface area contributed by atoms with Gasteiger partial charge in [0.25, 0.3) is 0 Å². The molecule has 144 valence electrons. The number of nitrogens with one attached hydrogen (secondary N) is 1. The number of hydrogen-bond acceptors (Lipinski definition) is 3. The molecule has 1 saturated heterocycles. The standard InChI is InChI=1S/C22H28FN3O/c1-16-6-4-9-21(17(16)2)26-12-10-25(11-13-26)18(3)22(27)24-15-19-7-5-8-20(23)14-19/h4-9,14,18H,10-13,15H2,1-3H3,(H,24,27)/t18-/m0/s1. The first-order chi connectivity index (χ1) is 13.0. The van der Waals surface area contributed by atoms with Crippen LogP contribution in [0.25, 0.3) is 0 Å². The van der Waals surface area contributed by atoms with Crippen LogP contribution in [0.2, 0.25) is 0 Å². The number of hydrogen-bond donors (Lipinski definition) is 1. The van der Waals surface area contributed by atoms with E-state index in [0.29, 0.717) is 6.54 Å². The van der Waals surface area contributed by atoms with Crippen LogP contribution in [0.4, 0.5) is 10.1 Å². The Hall–Kier alpha value is -2.40. The molecule has 2 aromatic carbocycles. The van der Waals surface area contributed by atoms with Crippen LogP contribution in [0, 0.1) is 19.7 Å². The van der Waals surface area contributed by atoms with Gasteiger partial charge in [-0.2, -0.15) is 0 Å². The molecule has 1 heterocycles. The summed E-state index contributed by atoms with van der Waals surface area (Å²) in [4.78, 5) is 17.1. The normalized spacial score (nSPS) is 16.2. The smallest absolute Gasteiger partial charge is 0.237 e. The number of amides is 1. The average Bonchev–Trinajstić information content (AvgIpc) is 2.68. The minimum atomic E-state index is -0.280. The van der Waals surface area contributed by atoms with Crippen LogP contribution >= 0.6 is 0 Å². The van der Waals surface area contributed by atoms with E-state index >= 15 is 0 Å². The highest BCUT2D eigenvalue weighted by molar-refractivity contribution is 5.81. The number of piperazine rings is 1. The van der Waals surface area contributed by atoms with Crippen LogP contribution in [0.1, 0.15) is 23.6 Å². The molecule has 0 aromatic heterocycles. The van der Waals surface area contributed by atoms with Crippen LogP contribution in [-0.2, 0) is 11.3 Å². The predicted molar refractivity (Wildman–Crippen MR) is 107 cm³/mol. The molecule has 4 nitrogen and oxygen atoms in total. The van der Waals surface area contributed by atoms with Crippen LogP contribution in [0.3, 0.4) is 0 Å². The van der Waals surface area contributed by atoms with Crippen molar-refractivity contribution >= 4 is 11.6 Å². The summed E-state index contributed by atoms with van der Waals surface area (Å²) in [7, 11) is 0. The third-order valence-corrected chi connectivity index (χ3v) is 5.51. The van der Waals surface area contributed by atoms with Crippen molar-refractivity contribution < 1.29 is 9.18 Å². The lowest BCUT2D eigenvalue weighted by Gasteiger charge is -2.39. The summed E-state index contributed by atoms with van der Waals surface area (Å²) in [5.74, 6) is -0.295. The van der Waals surface area contributed by atoms with Gasteiger partial charge in [-0.15, -0.1) is 0 Å². The van der Waals surface area contributed by atoms with E-state index in [1.54, 1.807) is 6.07 Å². The molecule has 1 atom stereocenters. The molecule has 0 radical (unpaired) electrons. The van der Waals surface area contributed by atoms with E-state index in [1.807, 2.05) is 13.0 Å².